The predicted octanol–water partition coefficient (Wildman–Crippen LogP) is 6.02. The number of hydrogen-bond acceptors (Lipinski definition) is 3. The van der Waals surface area contributed by atoms with E-state index in [1.807, 2.05) is 6.08 Å². The fourth-order valence-electron chi connectivity index (χ4n) is 3.25. The van der Waals surface area contributed by atoms with Crippen molar-refractivity contribution in [3.05, 3.63) is 96.2 Å². The Bertz CT molecular complexity index is 1150. The summed E-state index contributed by atoms with van der Waals surface area (Å²) in [6.45, 7) is 3.76. The third-order valence-electron chi connectivity index (χ3n) is 4.68. The molecule has 2 heterocycles. The van der Waals surface area contributed by atoms with Crippen molar-refractivity contribution in [2.24, 2.45) is 4.99 Å². The Morgan fingerprint density at radius 1 is 1.14 bits per heavy atom. The van der Waals surface area contributed by atoms with E-state index in [0.717, 1.165) is 0 Å². The highest BCUT2D eigenvalue weighted by Gasteiger charge is 2.21. The van der Waals surface area contributed by atoms with Crippen molar-refractivity contribution in [2.75, 3.05) is 0 Å². The van der Waals surface area contributed by atoms with Crippen molar-refractivity contribution >= 4 is 22.4 Å². The first-order chi connectivity index (χ1) is 14.0. The number of benzene rings is 2. The molecule has 1 aliphatic rings. The summed E-state index contributed by atoms with van der Waals surface area (Å²) in [5, 5.41) is 0. The van der Waals surface area contributed by atoms with Crippen LogP contribution in [0.15, 0.2) is 76.7 Å². The minimum absolute atomic E-state index is 0.0515. The highest BCUT2D eigenvalue weighted by atomic mass is 19.1. The fourth-order valence-corrected chi connectivity index (χ4v) is 3.25. The van der Waals surface area contributed by atoms with Gasteiger partial charge in [-0.2, -0.15) is 0 Å². The molecule has 0 fully saturated rings. The van der Waals surface area contributed by atoms with Gasteiger partial charge in [0.05, 0.1) is 11.6 Å². The molecule has 0 spiro atoms. The van der Waals surface area contributed by atoms with Gasteiger partial charge in [-0.15, -0.1) is 0 Å². The molecule has 0 N–H and O–H groups in total. The topological polar surface area (TPSA) is 38.4 Å². The molecule has 29 heavy (non-hydrogen) atoms. The van der Waals surface area contributed by atoms with Gasteiger partial charge in [-0.05, 0) is 43.2 Å². The second kappa shape index (κ2) is 7.91. The number of oxazole rings is 1. The summed E-state index contributed by atoms with van der Waals surface area (Å²) < 4.78 is 46.8. The van der Waals surface area contributed by atoms with Crippen molar-refractivity contribution in [1.29, 1.82) is 0 Å². The van der Waals surface area contributed by atoms with Crippen LogP contribution in [0.3, 0.4) is 0 Å². The molecule has 3 aromatic rings. The number of allylic oxidation sites excluding steroid dienone is 4. The van der Waals surface area contributed by atoms with Crippen LogP contribution < -0.4 is 0 Å². The summed E-state index contributed by atoms with van der Waals surface area (Å²) in [6, 6.07) is 7.77. The van der Waals surface area contributed by atoms with Gasteiger partial charge in [0.1, 0.15) is 23.0 Å². The first-order valence-electron chi connectivity index (χ1n) is 9.13. The lowest BCUT2D eigenvalue weighted by Crippen LogP contribution is -2.03. The van der Waals surface area contributed by atoms with Crippen molar-refractivity contribution in [3.63, 3.8) is 0 Å². The molecule has 146 valence electrons. The van der Waals surface area contributed by atoms with Crippen molar-refractivity contribution in [3.8, 4) is 0 Å². The number of fused-ring (bicyclic) bond motifs is 1. The highest BCUT2D eigenvalue weighted by molar-refractivity contribution is 6.02. The summed E-state index contributed by atoms with van der Waals surface area (Å²) in [4.78, 5) is 8.76. The Labute approximate surface area is 165 Å². The maximum Gasteiger partial charge on any atom is 0.227 e. The summed E-state index contributed by atoms with van der Waals surface area (Å²) >= 11 is 0. The van der Waals surface area contributed by atoms with Gasteiger partial charge in [-0.1, -0.05) is 30.9 Å². The standard InChI is InChI=1S/C23H17F3N2O/c1-2-14(23-28-19-11-9-15(24)13-21(19)29-23)5-3-6-16-10-12-20(27-16)22-17(25)7-4-8-18(22)26/h2-9,11,13,16H,1,10,12H2/b6-3+,14-5+. The van der Waals surface area contributed by atoms with E-state index in [-0.39, 0.29) is 11.6 Å². The van der Waals surface area contributed by atoms with Gasteiger partial charge >= 0.3 is 0 Å². The Morgan fingerprint density at radius 2 is 1.93 bits per heavy atom. The van der Waals surface area contributed by atoms with E-state index in [1.54, 1.807) is 24.3 Å². The van der Waals surface area contributed by atoms with Gasteiger partial charge in [0, 0.05) is 17.4 Å². The average molecular weight is 394 g/mol. The molecule has 1 atom stereocenters. The van der Waals surface area contributed by atoms with Crippen LogP contribution in [0.25, 0.3) is 16.7 Å². The molecule has 3 nitrogen and oxygen atoms in total. The van der Waals surface area contributed by atoms with Gasteiger partial charge in [0.2, 0.25) is 5.89 Å². The predicted molar refractivity (Wildman–Crippen MR) is 107 cm³/mol. The third kappa shape index (κ3) is 3.92. The zero-order valence-electron chi connectivity index (χ0n) is 15.4. The van der Waals surface area contributed by atoms with Gasteiger partial charge in [0.25, 0.3) is 0 Å². The van der Waals surface area contributed by atoms with Crippen LogP contribution in [0.2, 0.25) is 0 Å². The summed E-state index contributed by atoms with van der Waals surface area (Å²) in [7, 11) is 0. The van der Waals surface area contributed by atoms with E-state index in [2.05, 4.69) is 16.6 Å². The fraction of sp³-hybridized carbons (Fsp3) is 0.130. The van der Waals surface area contributed by atoms with Gasteiger partial charge in [-0.3, -0.25) is 4.99 Å². The zero-order chi connectivity index (χ0) is 20.4. The van der Waals surface area contributed by atoms with Crippen molar-refractivity contribution in [2.45, 2.75) is 18.9 Å². The lowest BCUT2D eigenvalue weighted by atomic mass is 10.1. The van der Waals surface area contributed by atoms with Gasteiger partial charge in [0.15, 0.2) is 5.58 Å². The molecule has 1 aromatic heterocycles. The molecule has 0 saturated heterocycles. The molecule has 6 heteroatoms. The van der Waals surface area contributed by atoms with E-state index in [1.165, 1.54) is 30.3 Å². The number of aromatic nitrogens is 1. The minimum Gasteiger partial charge on any atom is -0.436 e. The number of aliphatic imine (C=N–C) groups is 1. The second-order valence-electron chi connectivity index (χ2n) is 6.62. The van der Waals surface area contributed by atoms with Gasteiger partial charge in [-0.25, -0.2) is 18.2 Å². The van der Waals surface area contributed by atoms with Gasteiger partial charge < -0.3 is 4.42 Å². The van der Waals surface area contributed by atoms with E-state index in [4.69, 9.17) is 4.42 Å². The molecule has 0 radical (unpaired) electrons. The van der Waals surface area contributed by atoms with Crippen LogP contribution in [0.4, 0.5) is 13.2 Å². The number of rotatable bonds is 5. The quantitative estimate of drug-likeness (QED) is 0.496. The lowest BCUT2D eigenvalue weighted by Gasteiger charge is -2.03. The third-order valence-corrected chi connectivity index (χ3v) is 4.68. The maximum absolute atomic E-state index is 13.9. The van der Waals surface area contributed by atoms with Crippen molar-refractivity contribution < 1.29 is 17.6 Å². The summed E-state index contributed by atoms with van der Waals surface area (Å²) in [5.41, 5.74) is 1.91. The smallest absolute Gasteiger partial charge is 0.227 e. The molecule has 0 bridgehead atoms. The van der Waals surface area contributed by atoms with Crippen LogP contribution >= 0.6 is 0 Å². The number of nitrogens with zero attached hydrogens (tertiary/aromatic N) is 2. The van der Waals surface area contributed by atoms with Crippen LogP contribution in [0, 0.1) is 17.5 Å². The molecule has 0 aliphatic carbocycles. The van der Waals surface area contributed by atoms with E-state index in [0.29, 0.717) is 41.1 Å². The highest BCUT2D eigenvalue weighted by Crippen LogP contribution is 2.25. The van der Waals surface area contributed by atoms with E-state index < -0.39 is 17.5 Å². The molecule has 1 aliphatic heterocycles. The Hall–Kier alpha value is -3.41. The average Bonchev–Trinajstić information content (AvgIpc) is 3.32. The number of halogens is 3. The largest absolute Gasteiger partial charge is 0.436 e. The second-order valence-corrected chi connectivity index (χ2v) is 6.62. The molecular formula is C23H17F3N2O. The molecule has 0 saturated carbocycles. The Kier molecular flexibility index (Phi) is 5.16. The van der Waals surface area contributed by atoms with Crippen molar-refractivity contribution in [1.82, 2.24) is 4.98 Å². The molecule has 4 rings (SSSR count). The van der Waals surface area contributed by atoms with Crippen LogP contribution in [0.1, 0.15) is 24.3 Å². The monoisotopic (exact) mass is 394 g/mol. The molecule has 0 amide bonds. The first kappa shape index (κ1) is 18.9. The molecule has 2 aromatic carbocycles. The van der Waals surface area contributed by atoms with Crippen LogP contribution in [0.5, 0.6) is 0 Å². The molecular weight excluding hydrogens is 377 g/mol. The lowest BCUT2D eigenvalue weighted by molar-refractivity contribution is 0.577. The van der Waals surface area contributed by atoms with Crippen LogP contribution in [-0.2, 0) is 0 Å². The Morgan fingerprint density at radius 3 is 2.69 bits per heavy atom. The zero-order valence-corrected chi connectivity index (χ0v) is 15.4. The normalized spacial score (nSPS) is 17.3. The van der Waals surface area contributed by atoms with E-state index >= 15 is 0 Å². The Balaban J connectivity index is 1.54. The molecule has 1 unspecified atom stereocenters. The first-order valence-corrected chi connectivity index (χ1v) is 9.13. The maximum atomic E-state index is 13.9. The SMILES string of the molecule is C=C/C(=C\C=C\C1CCC(c2c(F)cccc2F)=N1)c1nc2ccc(F)cc2o1. The number of hydrogen-bond donors (Lipinski definition) is 0. The minimum atomic E-state index is -0.602. The summed E-state index contributed by atoms with van der Waals surface area (Å²) in [5.74, 6) is -1.27. The van der Waals surface area contributed by atoms with Crippen LogP contribution in [-0.4, -0.2) is 16.7 Å². The van der Waals surface area contributed by atoms with E-state index in [9.17, 15) is 13.2 Å². The summed E-state index contributed by atoms with van der Waals surface area (Å²) in [6.07, 6.45) is 8.13.